The highest BCUT2D eigenvalue weighted by Gasteiger charge is 2.49. The van der Waals surface area contributed by atoms with Crippen molar-refractivity contribution in [3.8, 4) is 0 Å². The van der Waals surface area contributed by atoms with Gasteiger partial charge in [0.15, 0.2) is 15.0 Å². The lowest BCUT2D eigenvalue weighted by Crippen LogP contribution is -2.37. The normalized spacial score (nSPS) is 25.8. The van der Waals surface area contributed by atoms with Crippen LogP contribution in [0.25, 0.3) is 0 Å². The molecule has 2 aliphatic rings. The second-order valence-electron chi connectivity index (χ2n) is 6.61. The molecular formula is C17H19F3N2O3S2. The molecule has 1 amide bonds. The molecule has 0 aliphatic carbocycles. The van der Waals surface area contributed by atoms with Crippen molar-refractivity contribution < 1.29 is 26.4 Å². The first-order chi connectivity index (χ1) is 12.6. The van der Waals surface area contributed by atoms with Crippen LogP contribution in [0.15, 0.2) is 29.3 Å². The quantitative estimate of drug-likeness (QED) is 0.746. The predicted octanol–water partition coefficient (Wildman–Crippen LogP) is 3.50. The average molecular weight is 420 g/mol. The summed E-state index contributed by atoms with van der Waals surface area (Å²) in [5.41, 5.74) is -0.630. The van der Waals surface area contributed by atoms with E-state index in [-0.39, 0.29) is 39.9 Å². The van der Waals surface area contributed by atoms with Crippen molar-refractivity contribution in [2.75, 3.05) is 16.4 Å². The summed E-state index contributed by atoms with van der Waals surface area (Å²) in [5, 5.41) is -0.0670. The van der Waals surface area contributed by atoms with Crippen LogP contribution in [0.4, 0.5) is 18.9 Å². The summed E-state index contributed by atoms with van der Waals surface area (Å²) in [6.07, 6.45) is -2.77. The van der Waals surface area contributed by atoms with Gasteiger partial charge in [0.2, 0.25) is 5.91 Å². The molecule has 2 saturated heterocycles. The molecule has 1 aromatic carbocycles. The molecule has 2 heterocycles. The molecule has 2 atom stereocenters. The molecule has 0 N–H and O–H groups in total. The number of fused-ring (bicyclic) bond motifs is 1. The molecule has 2 unspecified atom stereocenters. The number of anilines is 1. The third-order valence-corrected chi connectivity index (χ3v) is 7.69. The van der Waals surface area contributed by atoms with Gasteiger partial charge >= 0.3 is 6.18 Å². The fourth-order valence-electron chi connectivity index (χ4n) is 3.19. The Hall–Kier alpha value is -1.55. The number of unbranched alkanes of at least 4 members (excludes halogenated alkanes) is 1. The number of amidine groups is 1. The number of nitrogens with zero attached hydrogens (tertiary/aromatic N) is 2. The molecular weight excluding hydrogens is 401 g/mol. The Labute approximate surface area is 159 Å². The molecule has 1 aromatic rings. The summed E-state index contributed by atoms with van der Waals surface area (Å²) < 4.78 is 63.2. The van der Waals surface area contributed by atoms with Gasteiger partial charge in [0.25, 0.3) is 0 Å². The Bertz CT molecular complexity index is 868. The Morgan fingerprint density at radius 1 is 1.33 bits per heavy atom. The summed E-state index contributed by atoms with van der Waals surface area (Å²) in [5.74, 6) is -0.581. The Balaban J connectivity index is 1.98. The number of hydrogen-bond donors (Lipinski definition) is 0. The summed E-state index contributed by atoms with van der Waals surface area (Å²) in [6.45, 7) is 1.94. The minimum atomic E-state index is -4.52. The van der Waals surface area contributed by atoms with E-state index in [1.165, 1.54) is 17.0 Å². The van der Waals surface area contributed by atoms with Crippen LogP contribution in [0.3, 0.4) is 0 Å². The van der Waals surface area contributed by atoms with Crippen LogP contribution in [-0.2, 0) is 20.8 Å². The molecule has 2 fully saturated rings. The monoisotopic (exact) mass is 420 g/mol. The zero-order valence-electron chi connectivity index (χ0n) is 14.6. The van der Waals surface area contributed by atoms with E-state index in [1.54, 1.807) is 0 Å². The minimum absolute atomic E-state index is 0.0695. The summed E-state index contributed by atoms with van der Waals surface area (Å²) >= 11 is 1.16. The SMILES string of the molecule is CCCCC(=O)N=C1SC2CS(=O)(=O)CC2N1c1cccc(C(F)(F)F)c1. The van der Waals surface area contributed by atoms with Gasteiger partial charge in [-0.15, -0.1) is 0 Å². The average Bonchev–Trinajstić information content (AvgIpc) is 3.03. The van der Waals surface area contributed by atoms with Crippen LogP contribution in [0.1, 0.15) is 31.7 Å². The number of halogens is 3. The second-order valence-corrected chi connectivity index (χ2v) is 9.97. The number of rotatable bonds is 4. The second kappa shape index (κ2) is 7.46. The van der Waals surface area contributed by atoms with E-state index in [4.69, 9.17) is 0 Å². The number of benzene rings is 1. The van der Waals surface area contributed by atoms with Crippen molar-refractivity contribution in [2.45, 2.75) is 43.7 Å². The molecule has 2 aliphatic heterocycles. The van der Waals surface area contributed by atoms with E-state index in [0.29, 0.717) is 6.42 Å². The number of sulfone groups is 1. The third kappa shape index (κ3) is 4.48. The number of hydrogen-bond acceptors (Lipinski definition) is 4. The molecule has 27 heavy (non-hydrogen) atoms. The number of thioether (sulfide) groups is 1. The number of amides is 1. The Kier molecular flexibility index (Phi) is 5.58. The van der Waals surface area contributed by atoms with E-state index in [0.717, 1.165) is 30.3 Å². The number of aliphatic imine (C=N–C) groups is 1. The predicted molar refractivity (Wildman–Crippen MR) is 99.7 cm³/mol. The topological polar surface area (TPSA) is 66.8 Å². The molecule has 148 valence electrons. The van der Waals surface area contributed by atoms with Gasteiger partial charge in [-0.2, -0.15) is 18.2 Å². The first kappa shape index (κ1) is 20.2. The lowest BCUT2D eigenvalue weighted by molar-refractivity contribution is -0.137. The van der Waals surface area contributed by atoms with Crippen LogP contribution in [0.2, 0.25) is 0 Å². The van der Waals surface area contributed by atoms with Crippen LogP contribution in [0.5, 0.6) is 0 Å². The van der Waals surface area contributed by atoms with E-state index in [1.807, 2.05) is 6.92 Å². The van der Waals surface area contributed by atoms with Gasteiger partial charge < -0.3 is 4.90 Å². The van der Waals surface area contributed by atoms with Crippen molar-refractivity contribution in [3.63, 3.8) is 0 Å². The molecule has 5 nitrogen and oxygen atoms in total. The third-order valence-electron chi connectivity index (χ3n) is 4.48. The minimum Gasteiger partial charge on any atom is -0.316 e. The van der Waals surface area contributed by atoms with Crippen molar-refractivity contribution in [3.05, 3.63) is 29.8 Å². The molecule has 10 heteroatoms. The maximum Gasteiger partial charge on any atom is 0.416 e. The first-order valence-corrected chi connectivity index (χ1v) is 11.3. The zero-order valence-corrected chi connectivity index (χ0v) is 16.2. The van der Waals surface area contributed by atoms with E-state index in [2.05, 4.69) is 4.99 Å². The lowest BCUT2D eigenvalue weighted by atomic mass is 10.1. The largest absolute Gasteiger partial charge is 0.416 e. The number of carbonyl (C=O) groups is 1. The van der Waals surface area contributed by atoms with E-state index in [9.17, 15) is 26.4 Å². The van der Waals surface area contributed by atoms with Crippen LogP contribution in [-0.4, -0.2) is 42.3 Å². The van der Waals surface area contributed by atoms with Gasteiger partial charge in [0.05, 0.1) is 23.1 Å². The van der Waals surface area contributed by atoms with Gasteiger partial charge in [-0.05, 0) is 24.6 Å². The molecule has 0 bridgehead atoms. The first-order valence-electron chi connectivity index (χ1n) is 8.56. The number of alkyl halides is 3. The molecule has 0 spiro atoms. The fraction of sp³-hybridized carbons (Fsp3) is 0.529. The van der Waals surface area contributed by atoms with Crippen LogP contribution >= 0.6 is 11.8 Å². The van der Waals surface area contributed by atoms with Gasteiger partial charge in [-0.3, -0.25) is 4.79 Å². The van der Waals surface area contributed by atoms with Crippen molar-refractivity contribution in [1.29, 1.82) is 0 Å². The van der Waals surface area contributed by atoms with Crippen molar-refractivity contribution in [1.82, 2.24) is 0 Å². The van der Waals surface area contributed by atoms with E-state index < -0.39 is 27.6 Å². The van der Waals surface area contributed by atoms with Gasteiger partial charge in [-0.1, -0.05) is 31.2 Å². The maximum absolute atomic E-state index is 13.1. The molecule has 0 radical (unpaired) electrons. The summed E-state index contributed by atoms with van der Waals surface area (Å²) in [4.78, 5) is 17.7. The maximum atomic E-state index is 13.1. The van der Waals surface area contributed by atoms with Crippen LogP contribution in [0, 0.1) is 0 Å². The zero-order chi connectivity index (χ0) is 19.8. The van der Waals surface area contributed by atoms with Crippen molar-refractivity contribution in [2.24, 2.45) is 4.99 Å². The summed E-state index contributed by atoms with van der Waals surface area (Å²) in [7, 11) is -3.28. The van der Waals surface area contributed by atoms with Gasteiger partial charge in [0.1, 0.15) is 0 Å². The highest BCUT2D eigenvalue weighted by Crippen LogP contribution is 2.42. The summed E-state index contributed by atoms with van der Waals surface area (Å²) in [6, 6.07) is 4.16. The Morgan fingerprint density at radius 3 is 2.74 bits per heavy atom. The smallest absolute Gasteiger partial charge is 0.316 e. The highest BCUT2D eigenvalue weighted by molar-refractivity contribution is 8.16. The van der Waals surface area contributed by atoms with Crippen molar-refractivity contribution >= 4 is 38.4 Å². The highest BCUT2D eigenvalue weighted by atomic mass is 32.2. The fourth-order valence-corrected chi connectivity index (χ4v) is 7.12. The lowest BCUT2D eigenvalue weighted by Gasteiger charge is -2.25. The standard InChI is InChI=1S/C17H19F3N2O3S2/c1-2-3-7-15(23)21-16-22(13-9-27(24,25)10-14(13)26-16)12-6-4-5-11(8-12)17(18,19)20/h4-6,8,13-14H,2-3,7,9-10H2,1H3. The van der Waals surface area contributed by atoms with Gasteiger partial charge in [-0.25, -0.2) is 8.42 Å². The van der Waals surface area contributed by atoms with Gasteiger partial charge in [0, 0.05) is 17.4 Å². The van der Waals surface area contributed by atoms with Crippen LogP contribution < -0.4 is 4.90 Å². The van der Waals surface area contributed by atoms with E-state index >= 15 is 0 Å². The Morgan fingerprint density at radius 2 is 2.07 bits per heavy atom. The molecule has 0 saturated carbocycles. The molecule has 0 aromatic heterocycles. The molecule has 3 rings (SSSR count). The number of carbonyl (C=O) groups excluding carboxylic acids is 1.